The number of nitrogens with zero attached hydrogens (tertiary/aromatic N) is 3. The number of hydrogen-bond acceptors (Lipinski definition) is 5. The zero-order valence-corrected chi connectivity index (χ0v) is 10.4. The van der Waals surface area contributed by atoms with Gasteiger partial charge in [-0.25, -0.2) is 4.68 Å². The lowest BCUT2D eigenvalue weighted by molar-refractivity contribution is -0.156. The third kappa shape index (κ3) is 1.57. The van der Waals surface area contributed by atoms with Crippen molar-refractivity contribution in [1.29, 1.82) is 0 Å². The molecule has 2 fully saturated rings. The standard InChI is InChI=1S/C10H13N3O3S/c1-5-11-13(10(17)12(5)2)6-3-7(14)9-15-4-8(6)16-9/h6,8-9H,3-4H2,1-2H3/t6-,8-,9+/m0/s1. The Morgan fingerprint density at radius 3 is 2.94 bits per heavy atom. The predicted molar refractivity (Wildman–Crippen MR) is 60.0 cm³/mol. The lowest BCUT2D eigenvalue weighted by Gasteiger charge is -2.26. The fourth-order valence-electron chi connectivity index (χ4n) is 2.24. The van der Waals surface area contributed by atoms with E-state index in [1.165, 1.54) is 0 Å². The number of aryl methyl sites for hydroxylation is 1. The first-order chi connectivity index (χ1) is 8.08. The average molecular weight is 255 g/mol. The molecule has 0 saturated carbocycles. The molecule has 0 aliphatic carbocycles. The molecule has 0 N–H and O–H groups in total. The van der Waals surface area contributed by atoms with Crippen LogP contribution in [0.25, 0.3) is 0 Å². The molecule has 2 saturated heterocycles. The molecule has 0 amide bonds. The van der Waals surface area contributed by atoms with Gasteiger partial charge in [0.1, 0.15) is 11.9 Å². The van der Waals surface area contributed by atoms with Crippen molar-refractivity contribution in [1.82, 2.24) is 14.3 Å². The maximum absolute atomic E-state index is 11.7. The van der Waals surface area contributed by atoms with Gasteiger partial charge in [0.05, 0.1) is 12.6 Å². The van der Waals surface area contributed by atoms with Crippen molar-refractivity contribution in [3.8, 4) is 0 Å². The number of carbonyl (C=O) groups excluding carboxylic acids is 1. The van der Waals surface area contributed by atoms with Crippen LogP contribution in [0.1, 0.15) is 18.3 Å². The Morgan fingerprint density at radius 2 is 2.29 bits per heavy atom. The second-order valence-corrected chi connectivity index (χ2v) is 4.78. The smallest absolute Gasteiger partial charge is 0.218 e. The molecular formula is C10H13N3O3S. The Balaban J connectivity index is 2.01. The Morgan fingerprint density at radius 1 is 1.53 bits per heavy atom. The largest absolute Gasteiger partial charge is 0.343 e. The number of hydrogen-bond donors (Lipinski definition) is 0. The molecular weight excluding hydrogens is 242 g/mol. The molecule has 2 aliphatic rings. The van der Waals surface area contributed by atoms with Crippen molar-refractivity contribution in [2.75, 3.05) is 6.61 Å². The van der Waals surface area contributed by atoms with E-state index in [4.69, 9.17) is 21.7 Å². The molecule has 7 heteroatoms. The minimum absolute atomic E-state index is 0.0334. The van der Waals surface area contributed by atoms with Gasteiger partial charge in [0.15, 0.2) is 10.6 Å². The van der Waals surface area contributed by atoms with E-state index in [0.29, 0.717) is 17.8 Å². The first-order valence-electron chi connectivity index (χ1n) is 5.50. The Hall–Kier alpha value is -1.05. The van der Waals surface area contributed by atoms with Crippen molar-refractivity contribution in [3.63, 3.8) is 0 Å². The van der Waals surface area contributed by atoms with Crippen LogP contribution in [0.4, 0.5) is 0 Å². The van der Waals surface area contributed by atoms with Crippen molar-refractivity contribution in [3.05, 3.63) is 10.6 Å². The number of fused-ring (bicyclic) bond motifs is 2. The van der Waals surface area contributed by atoms with E-state index < -0.39 is 6.29 Å². The van der Waals surface area contributed by atoms with Crippen molar-refractivity contribution in [2.24, 2.45) is 7.05 Å². The van der Waals surface area contributed by atoms with E-state index in [1.54, 1.807) is 4.68 Å². The highest BCUT2D eigenvalue weighted by atomic mass is 32.1. The summed E-state index contributed by atoms with van der Waals surface area (Å²) in [7, 11) is 1.86. The molecule has 3 atom stereocenters. The van der Waals surface area contributed by atoms with Crippen LogP contribution < -0.4 is 0 Å². The van der Waals surface area contributed by atoms with Gasteiger partial charge < -0.3 is 14.0 Å². The summed E-state index contributed by atoms with van der Waals surface area (Å²) in [6.07, 6.45) is -0.422. The van der Waals surface area contributed by atoms with Gasteiger partial charge >= 0.3 is 0 Å². The molecule has 3 heterocycles. The number of ether oxygens (including phenoxy) is 2. The third-order valence-corrected chi connectivity index (χ3v) is 3.81. The molecule has 0 spiro atoms. The molecule has 1 aromatic heterocycles. The molecule has 17 heavy (non-hydrogen) atoms. The molecule has 0 radical (unpaired) electrons. The summed E-state index contributed by atoms with van der Waals surface area (Å²) >= 11 is 5.30. The monoisotopic (exact) mass is 255 g/mol. The van der Waals surface area contributed by atoms with Gasteiger partial charge in [-0.3, -0.25) is 4.79 Å². The zero-order valence-electron chi connectivity index (χ0n) is 9.62. The van der Waals surface area contributed by atoms with E-state index in [1.807, 2.05) is 18.5 Å². The van der Waals surface area contributed by atoms with Crippen LogP contribution in [-0.4, -0.2) is 39.1 Å². The SMILES string of the molecule is Cc1nn([C@H]2CC(=O)[C@@H]3OC[C@@H]2O3)c(=S)n1C. The van der Waals surface area contributed by atoms with Crippen molar-refractivity contribution >= 4 is 18.0 Å². The number of Topliss-reactive ketones (excluding diaryl/α,β-unsaturated/α-hetero) is 1. The van der Waals surface area contributed by atoms with Crippen LogP contribution in [-0.2, 0) is 21.3 Å². The fourth-order valence-corrected chi connectivity index (χ4v) is 2.55. The molecule has 6 nitrogen and oxygen atoms in total. The maximum Gasteiger partial charge on any atom is 0.218 e. The molecule has 92 valence electrons. The summed E-state index contributed by atoms with van der Waals surface area (Å²) in [4.78, 5) is 11.7. The quantitative estimate of drug-likeness (QED) is 0.685. The minimum atomic E-state index is -0.671. The maximum atomic E-state index is 11.7. The highest BCUT2D eigenvalue weighted by molar-refractivity contribution is 7.71. The molecule has 2 aliphatic heterocycles. The lowest BCUT2D eigenvalue weighted by atomic mass is 10.0. The van der Waals surface area contributed by atoms with Gasteiger partial charge in [-0.1, -0.05) is 0 Å². The van der Waals surface area contributed by atoms with Gasteiger partial charge in [-0.2, -0.15) is 5.10 Å². The van der Waals surface area contributed by atoms with Crippen LogP contribution >= 0.6 is 12.2 Å². The van der Waals surface area contributed by atoms with E-state index >= 15 is 0 Å². The third-order valence-electron chi connectivity index (χ3n) is 3.35. The van der Waals surface area contributed by atoms with Crippen LogP contribution in [0.5, 0.6) is 0 Å². The first kappa shape index (κ1) is 11.1. The fraction of sp³-hybridized carbons (Fsp3) is 0.700. The summed E-state index contributed by atoms with van der Waals surface area (Å²) in [5.74, 6) is 0.789. The molecule has 2 bridgehead atoms. The molecule has 1 aromatic rings. The highest BCUT2D eigenvalue weighted by Gasteiger charge is 2.44. The van der Waals surface area contributed by atoms with E-state index in [0.717, 1.165) is 5.82 Å². The Labute approximate surface area is 103 Å². The summed E-state index contributed by atoms with van der Waals surface area (Å²) in [6, 6.07) is -0.145. The van der Waals surface area contributed by atoms with Crippen LogP contribution in [0.2, 0.25) is 0 Å². The van der Waals surface area contributed by atoms with E-state index in [-0.39, 0.29) is 17.9 Å². The highest BCUT2D eigenvalue weighted by Crippen LogP contribution is 2.32. The summed E-state index contributed by atoms with van der Waals surface area (Å²) < 4.78 is 14.9. The number of aromatic nitrogens is 3. The first-order valence-corrected chi connectivity index (χ1v) is 5.90. The van der Waals surface area contributed by atoms with Crippen LogP contribution in [0.3, 0.4) is 0 Å². The Kier molecular flexibility index (Phi) is 2.42. The predicted octanol–water partition coefficient (Wildman–Crippen LogP) is 0.515. The summed E-state index contributed by atoms with van der Waals surface area (Å²) in [6.45, 7) is 2.31. The van der Waals surface area contributed by atoms with Crippen molar-refractivity contribution in [2.45, 2.75) is 31.8 Å². The van der Waals surface area contributed by atoms with Gasteiger partial charge in [0.2, 0.25) is 6.29 Å². The topological polar surface area (TPSA) is 58.3 Å². The van der Waals surface area contributed by atoms with E-state index in [2.05, 4.69) is 5.10 Å². The molecule has 0 unspecified atom stereocenters. The summed E-state index contributed by atoms with van der Waals surface area (Å²) in [5.41, 5.74) is 0. The molecule has 3 rings (SSSR count). The van der Waals surface area contributed by atoms with Crippen molar-refractivity contribution < 1.29 is 14.3 Å². The second kappa shape index (κ2) is 3.72. The van der Waals surface area contributed by atoms with Gasteiger partial charge in [-0.15, -0.1) is 0 Å². The zero-order chi connectivity index (χ0) is 12.2. The van der Waals surface area contributed by atoms with Gasteiger partial charge in [0.25, 0.3) is 0 Å². The normalized spacial score (nSPS) is 32.1. The minimum Gasteiger partial charge on any atom is -0.343 e. The van der Waals surface area contributed by atoms with Gasteiger partial charge in [0, 0.05) is 13.5 Å². The van der Waals surface area contributed by atoms with Crippen LogP contribution in [0.15, 0.2) is 0 Å². The van der Waals surface area contributed by atoms with Gasteiger partial charge in [-0.05, 0) is 19.1 Å². The van der Waals surface area contributed by atoms with Crippen LogP contribution in [0, 0.1) is 11.7 Å². The average Bonchev–Trinajstić information content (AvgIpc) is 2.84. The number of rotatable bonds is 1. The summed E-state index contributed by atoms with van der Waals surface area (Å²) in [5, 5.41) is 4.37. The molecule has 0 aromatic carbocycles. The number of carbonyl (C=O) groups is 1. The second-order valence-electron chi connectivity index (χ2n) is 4.41. The lowest BCUT2D eigenvalue weighted by Crippen LogP contribution is -2.37. The number of ketones is 1. The Bertz CT molecular complexity index is 535. The van der Waals surface area contributed by atoms with E-state index in [9.17, 15) is 4.79 Å².